The predicted molar refractivity (Wildman–Crippen MR) is 84.6 cm³/mol. The number of nitrogens with zero attached hydrogens (tertiary/aromatic N) is 1. The molecule has 0 saturated carbocycles. The highest BCUT2D eigenvalue weighted by atomic mass is 32.2. The number of thioether (sulfide) groups is 1. The van der Waals surface area contributed by atoms with Crippen LogP contribution in [0.1, 0.15) is 12.5 Å². The van der Waals surface area contributed by atoms with Gasteiger partial charge in [-0.3, -0.25) is 9.59 Å². The van der Waals surface area contributed by atoms with Crippen molar-refractivity contribution in [3.8, 4) is 11.5 Å². The number of H-pyrrole nitrogens is 1. The molecule has 3 rings (SSSR count). The Kier molecular flexibility index (Phi) is 4.52. The van der Waals surface area contributed by atoms with E-state index in [2.05, 4.69) is 15.3 Å². The predicted octanol–water partition coefficient (Wildman–Crippen LogP) is 1.30. The van der Waals surface area contributed by atoms with E-state index in [-0.39, 0.29) is 23.5 Å². The van der Waals surface area contributed by atoms with Crippen LogP contribution < -0.4 is 20.3 Å². The third kappa shape index (κ3) is 3.84. The average molecular weight is 333 g/mol. The van der Waals surface area contributed by atoms with Crippen LogP contribution in [0.5, 0.6) is 11.5 Å². The Bertz CT molecular complexity index is 777. The number of hydrogen-bond acceptors (Lipinski definition) is 6. The number of carbonyl (C=O) groups excluding carboxylic acids is 1. The van der Waals surface area contributed by atoms with Crippen LogP contribution in [0.4, 0.5) is 0 Å². The number of hydrogen-bond donors (Lipinski definition) is 2. The number of aromatic amines is 1. The third-order valence-electron chi connectivity index (χ3n) is 3.21. The number of nitrogens with one attached hydrogen (secondary N) is 2. The molecule has 0 saturated heterocycles. The van der Waals surface area contributed by atoms with Gasteiger partial charge in [-0.2, -0.15) is 0 Å². The smallest absolute Gasteiger partial charge is 0.251 e. The largest absolute Gasteiger partial charge is 0.454 e. The minimum absolute atomic E-state index is 0.140. The van der Waals surface area contributed by atoms with Crippen molar-refractivity contribution >= 4 is 17.7 Å². The molecule has 1 aliphatic heterocycles. The molecule has 0 bridgehead atoms. The van der Waals surface area contributed by atoms with E-state index in [4.69, 9.17) is 9.47 Å². The second-order valence-electron chi connectivity index (χ2n) is 4.90. The molecule has 2 heterocycles. The molecule has 23 heavy (non-hydrogen) atoms. The zero-order valence-corrected chi connectivity index (χ0v) is 13.2. The summed E-state index contributed by atoms with van der Waals surface area (Å²) in [5, 5.41) is 2.89. The summed E-state index contributed by atoms with van der Waals surface area (Å²) in [6.07, 6.45) is 1.42. The summed E-state index contributed by atoms with van der Waals surface area (Å²) < 4.78 is 10.5. The van der Waals surface area contributed by atoms with Crippen LogP contribution >= 0.6 is 11.8 Å². The van der Waals surface area contributed by atoms with Crippen LogP contribution in [0.3, 0.4) is 0 Å². The van der Waals surface area contributed by atoms with Crippen LogP contribution in [0, 0.1) is 0 Å². The molecule has 1 aliphatic rings. The number of benzene rings is 1. The van der Waals surface area contributed by atoms with Crippen molar-refractivity contribution in [2.24, 2.45) is 0 Å². The van der Waals surface area contributed by atoms with Crippen molar-refractivity contribution in [3.63, 3.8) is 0 Å². The summed E-state index contributed by atoms with van der Waals surface area (Å²) in [7, 11) is 0. The molecule has 1 amide bonds. The van der Waals surface area contributed by atoms with Crippen LogP contribution in [0.15, 0.2) is 40.4 Å². The average Bonchev–Trinajstić information content (AvgIpc) is 3.00. The van der Waals surface area contributed by atoms with Gasteiger partial charge in [0.25, 0.3) is 5.56 Å². The van der Waals surface area contributed by atoms with E-state index in [9.17, 15) is 9.59 Å². The van der Waals surface area contributed by atoms with Gasteiger partial charge in [0, 0.05) is 18.8 Å². The molecule has 1 aromatic carbocycles. The van der Waals surface area contributed by atoms with Gasteiger partial charge in [-0.1, -0.05) is 17.8 Å². The van der Waals surface area contributed by atoms with E-state index >= 15 is 0 Å². The Morgan fingerprint density at radius 3 is 3.04 bits per heavy atom. The Hall–Kier alpha value is -2.48. The Morgan fingerprint density at radius 1 is 1.39 bits per heavy atom. The summed E-state index contributed by atoms with van der Waals surface area (Å²) in [5.74, 6) is 1.26. The highest BCUT2D eigenvalue weighted by molar-refractivity contribution is 8.00. The second-order valence-corrected chi connectivity index (χ2v) is 6.23. The number of ether oxygens (including phenoxy) is 2. The molecule has 0 fully saturated rings. The normalized spacial score (nSPS) is 13.6. The van der Waals surface area contributed by atoms with Crippen molar-refractivity contribution < 1.29 is 14.3 Å². The molecule has 2 N–H and O–H groups in total. The topological polar surface area (TPSA) is 93.3 Å². The summed E-state index contributed by atoms with van der Waals surface area (Å²) in [5.41, 5.74) is 0.682. The van der Waals surface area contributed by atoms with Crippen molar-refractivity contribution in [1.82, 2.24) is 15.3 Å². The minimum Gasteiger partial charge on any atom is -0.454 e. The van der Waals surface area contributed by atoms with Gasteiger partial charge in [0.05, 0.1) is 5.25 Å². The van der Waals surface area contributed by atoms with E-state index in [1.165, 1.54) is 24.0 Å². The molecule has 0 aliphatic carbocycles. The van der Waals surface area contributed by atoms with E-state index in [1.54, 1.807) is 6.92 Å². The first-order valence-corrected chi connectivity index (χ1v) is 7.88. The van der Waals surface area contributed by atoms with E-state index in [0.29, 0.717) is 23.2 Å². The lowest BCUT2D eigenvalue weighted by Gasteiger charge is -2.11. The molecule has 1 atom stereocenters. The zero-order chi connectivity index (χ0) is 16.2. The molecule has 120 valence electrons. The summed E-state index contributed by atoms with van der Waals surface area (Å²) in [6.45, 7) is 2.37. The van der Waals surface area contributed by atoms with Gasteiger partial charge in [-0.05, 0) is 24.6 Å². The summed E-state index contributed by atoms with van der Waals surface area (Å²) >= 11 is 1.20. The zero-order valence-electron chi connectivity index (χ0n) is 12.4. The van der Waals surface area contributed by atoms with Gasteiger partial charge >= 0.3 is 0 Å². The van der Waals surface area contributed by atoms with Gasteiger partial charge in [-0.25, -0.2) is 4.98 Å². The van der Waals surface area contributed by atoms with Crippen LogP contribution in [0.25, 0.3) is 0 Å². The SMILES string of the molecule is C[C@H](Sc1nccc(=O)[nH]1)C(=O)NCc1ccc2c(c1)OCO2. The number of carbonyl (C=O) groups is 1. The monoisotopic (exact) mass is 333 g/mol. The summed E-state index contributed by atoms with van der Waals surface area (Å²) in [6, 6.07) is 6.87. The van der Waals surface area contributed by atoms with Crippen LogP contribution in [-0.4, -0.2) is 27.9 Å². The molecule has 2 aromatic rings. The molecule has 8 heteroatoms. The third-order valence-corrected chi connectivity index (χ3v) is 4.21. The fourth-order valence-corrected chi connectivity index (χ4v) is 2.82. The van der Waals surface area contributed by atoms with E-state index in [0.717, 1.165) is 5.56 Å². The molecule has 0 unspecified atom stereocenters. The summed E-state index contributed by atoms with van der Waals surface area (Å²) in [4.78, 5) is 29.9. The van der Waals surface area contributed by atoms with E-state index in [1.807, 2.05) is 18.2 Å². The quantitative estimate of drug-likeness (QED) is 0.633. The first-order chi connectivity index (χ1) is 11.1. The minimum atomic E-state index is -0.380. The Morgan fingerprint density at radius 2 is 2.22 bits per heavy atom. The first-order valence-electron chi connectivity index (χ1n) is 7.00. The van der Waals surface area contributed by atoms with E-state index < -0.39 is 0 Å². The van der Waals surface area contributed by atoms with Crippen molar-refractivity contribution in [2.75, 3.05) is 6.79 Å². The highest BCUT2D eigenvalue weighted by Gasteiger charge is 2.17. The maximum atomic E-state index is 12.1. The van der Waals surface area contributed by atoms with Crippen molar-refractivity contribution in [1.29, 1.82) is 0 Å². The first kappa shape index (κ1) is 15.4. The second kappa shape index (κ2) is 6.74. The van der Waals surface area contributed by atoms with Gasteiger partial charge in [0.2, 0.25) is 12.7 Å². The van der Waals surface area contributed by atoms with Gasteiger partial charge < -0.3 is 19.8 Å². The molecular weight excluding hydrogens is 318 g/mol. The van der Waals surface area contributed by atoms with Crippen molar-refractivity contribution in [2.45, 2.75) is 23.9 Å². The number of rotatable bonds is 5. The lowest BCUT2D eigenvalue weighted by molar-refractivity contribution is -0.120. The molecule has 7 nitrogen and oxygen atoms in total. The molecular formula is C15H15N3O4S. The van der Waals surface area contributed by atoms with Gasteiger partial charge in [-0.15, -0.1) is 0 Å². The van der Waals surface area contributed by atoms with Crippen molar-refractivity contribution in [3.05, 3.63) is 46.4 Å². The fraction of sp³-hybridized carbons (Fsp3) is 0.267. The highest BCUT2D eigenvalue weighted by Crippen LogP contribution is 2.32. The molecule has 0 spiro atoms. The lowest BCUT2D eigenvalue weighted by Crippen LogP contribution is -2.30. The molecule has 0 radical (unpaired) electrons. The van der Waals surface area contributed by atoms with Gasteiger partial charge in [0.1, 0.15) is 0 Å². The number of amides is 1. The van der Waals surface area contributed by atoms with Crippen LogP contribution in [-0.2, 0) is 11.3 Å². The lowest BCUT2D eigenvalue weighted by atomic mass is 10.2. The number of fused-ring (bicyclic) bond motifs is 1. The molecule has 1 aromatic heterocycles. The Labute approximate surface area is 136 Å². The fourth-order valence-electron chi connectivity index (χ4n) is 2.02. The standard InChI is InChI=1S/C15H15N3O4S/c1-9(23-15-16-5-4-13(19)18-15)14(20)17-7-10-2-3-11-12(6-10)22-8-21-11/h2-6,9H,7-8H2,1H3,(H,17,20)(H,16,18,19)/t9-/m0/s1. The number of aromatic nitrogens is 2. The van der Waals surface area contributed by atoms with Gasteiger partial charge in [0.15, 0.2) is 16.7 Å². The maximum absolute atomic E-state index is 12.1. The van der Waals surface area contributed by atoms with Crippen LogP contribution in [0.2, 0.25) is 0 Å². The maximum Gasteiger partial charge on any atom is 0.251 e. The Balaban J connectivity index is 1.55.